The maximum Gasteiger partial charge on any atom is 0.299 e. The van der Waals surface area contributed by atoms with Crippen molar-refractivity contribution in [3.8, 4) is 0 Å². The lowest BCUT2D eigenvalue weighted by Crippen LogP contribution is -2.29. The lowest BCUT2D eigenvalue weighted by atomic mass is 10.3. The zero-order chi connectivity index (χ0) is 10.6. The van der Waals surface area contributed by atoms with Crippen LogP contribution in [0.5, 0.6) is 0 Å². The Labute approximate surface area is 83.5 Å². The first kappa shape index (κ1) is 10.8. The van der Waals surface area contributed by atoms with Gasteiger partial charge in [-0.25, -0.2) is 0 Å². The summed E-state index contributed by atoms with van der Waals surface area (Å²) in [5.74, 6) is 0. The molecule has 0 spiro atoms. The van der Waals surface area contributed by atoms with Crippen LogP contribution >= 0.6 is 0 Å². The summed E-state index contributed by atoms with van der Waals surface area (Å²) in [5, 5.41) is 0. The average Bonchev–Trinajstić information content (AvgIpc) is 2.02. The van der Waals surface area contributed by atoms with Crippen LogP contribution in [0.15, 0.2) is 24.3 Å². The number of nitrogens with one attached hydrogen (secondary N) is 2. The summed E-state index contributed by atoms with van der Waals surface area (Å²) < 4.78 is 27.1. The molecule has 6 heteroatoms. The van der Waals surface area contributed by atoms with Crippen LogP contribution in [0.3, 0.4) is 0 Å². The number of hydrogen-bond acceptors (Lipinski definition) is 3. The molecule has 0 amide bonds. The van der Waals surface area contributed by atoms with Crippen molar-refractivity contribution in [1.29, 1.82) is 0 Å². The molecule has 0 aromatic heterocycles. The molecular weight excluding hydrogens is 202 g/mol. The minimum Gasteiger partial charge on any atom is -0.399 e. The van der Waals surface area contributed by atoms with E-state index in [1.54, 1.807) is 31.2 Å². The minimum atomic E-state index is -3.46. The van der Waals surface area contributed by atoms with Crippen LogP contribution < -0.4 is 15.2 Å². The molecule has 1 rings (SSSR count). The van der Waals surface area contributed by atoms with Crippen molar-refractivity contribution < 1.29 is 8.42 Å². The van der Waals surface area contributed by atoms with Gasteiger partial charge in [0, 0.05) is 12.2 Å². The van der Waals surface area contributed by atoms with Gasteiger partial charge in [-0.2, -0.15) is 13.1 Å². The Bertz CT molecular complexity index is 403. The van der Waals surface area contributed by atoms with Crippen molar-refractivity contribution in [3.05, 3.63) is 24.3 Å². The van der Waals surface area contributed by atoms with E-state index < -0.39 is 10.2 Å². The highest BCUT2D eigenvalue weighted by Crippen LogP contribution is 2.12. The Balaban J connectivity index is 2.79. The quantitative estimate of drug-likeness (QED) is 0.641. The predicted octanol–water partition coefficient (Wildman–Crippen LogP) is 0.535. The van der Waals surface area contributed by atoms with Crippen molar-refractivity contribution >= 4 is 21.6 Å². The molecule has 0 saturated heterocycles. The molecule has 0 fully saturated rings. The molecule has 0 aliphatic carbocycles. The topological polar surface area (TPSA) is 84.2 Å². The summed E-state index contributed by atoms with van der Waals surface area (Å²) in [6, 6.07) is 6.55. The number of nitrogen functional groups attached to an aromatic ring is 1. The van der Waals surface area contributed by atoms with E-state index in [9.17, 15) is 8.42 Å². The van der Waals surface area contributed by atoms with Crippen LogP contribution in [0.2, 0.25) is 0 Å². The second-order valence-corrected chi connectivity index (χ2v) is 4.23. The fraction of sp³-hybridized carbons (Fsp3) is 0.250. The number of hydrogen-bond donors (Lipinski definition) is 3. The van der Waals surface area contributed by atoms with Gasteiger partial charge in [-0.05, 0) is 18.2 Å². The Kier molecular flexibility index (Phi) is 3.32. The summed E-state index contributed by atoms with van der Waals surface area (Å²) in [6.07, 6.45) is 0. The van der Waals surface area contributed by atoms with Crippen LogP contribution in [-0.4, -0.2) is 15.0 Å². The molecule has 1 aromatic carbocycles. The van der Waals surface area contributed by atoms with Crippen LogP contribution in [0.25, 0.3) is 0 Å². The number of rotatable bonds is 4. The summed E-state index contributed by atoms with van der Waals surface area (Å²) >= 11 is 0. The van der Waals surface area contributed by atoms with Gasteiger partial charge in [-0.3, -0.25) is 4.72 Å². The van der Waals surface area contributed by atoms with E-state index in [0.29, 0.717) is 17.9 Å². The maximum absolute atomic E-state index is 11.2. The molecule has 0 bridgehead atoms. The van der Waals surface area contributed by atoms with E-state index in [0.717, 1.165) is 0 Å². The molecule has 14 heavy (non-hydrogen) atoms. The van der Waals surface area contributed by atoms with Crippen LogP contribution in [-0.2, 0) is 10.2 Å². The van der Waals surface area contributed by atoms with Crippen molar-refractivity contribution in [2.75, 3.05) is 17.0 Å². The number of nitrogens with two attached hydrogens (primary N) is 1. The number of benzene rings is 1. The molecule has 1 aromatic rings. The van der Waals surface area contributed by atoms with Crippen LogP contribution in [0.4, 0.5) is 11.4 Å². The third kappa shape index (κ3) is 3.23. The molecule has 0 aliphatic rings. The van der Waals surface area contributed by atoms with Gasteiger partial charge in [0.1, 0.15) is 0 Å². The molecule has 0 heterocycles. The van der Waals surface area contributed by atoms with Gasteiger partial charge in [0.05, 0.1) is 5.69 Å². The lowest BCUT2D eigenvalue weighted by Gasteiger charge is -2.07. The van der Waals surface area contributed by atoms with E-state index in [2.05, 4.69) is 9.44 Å². The fourth-order valence-corrected chi connectivity index (χ4v) is 1.87. The summed E-state index contributed by atoms with van der Waals surface area (Å²) in [7, 11) is -3.46. The van der Waals surface area contributed by atoms with Gasteiger partial charge in [0.2, 0.25) is 0 Å². The van der Waals surface area contributed by atoms with Gasteiger partial charge < -0.3 is 5.73 Å². The molecule has 4 N–H and O–H groups in total. The smallest absolute Gasteiger partial charge is 0.299 e. The lowest BCUT2D eigenvalue weighted by molar-refractivity contribution is 0.589. The van der Waals surface area contributed by atoms with Gasteiger partial charge in [0.25, 0.3) is 10.2 Å². The predicted molar refractivity (Wildman–Crippen MR) is 57.1 cm³/mol. The average molecular weight is 215 g/mol. The third-order valence-corrected chi connectivity index (χ3v) is 2.65. The second-order valence-electron chi connectivity index (χ2n) is 2.73. The van der Waals surface area contributed by atoms with E-state index in [-0.39, 0.29) is 0 Å². The van der Waals surface area contributed by atoms with Crippen molar-refractivity contribution in [3.63, 3.8) is 0 Å². The molecule has 0 aliphatic heterocycles. The maximum atomic E-state index is 11.2. The highest BCUT2D eigenvalue weighted by molar-refractivity contribution is 7.90. The largest absolute Gasteiger partial charge is 0.399 e. The normalized spacial score (nSPS) is 11.2. The molecule has 0 saturated carbocycles. The van der Waals surface area contributed by atoms with E-state index in [4.69, 9.17) is 5.73 Å². The van der Waals surface area contributed by atoms with Crippen LogP contribution in [0, 0.1) is 0 Å². The summed E-state index contributed by atoms with van der Waals surface area (Å²) in [6.45, 7) is 2.05. The number of anilines is 2. The minimum absolute atomic E-state index is 0.345. The van der Waals surface area contributed by atoms with Crippen molar-refractivity contribution in [2.24, 2.45) is 0 Å². The molecular formula is C8H13N3O2S. The zero-order valence-electron chi connectivity index (χ0n) is 7.82. The van der Waals surface area contributed by atoms with Gasteiger partial charge in [0.15, 0.2) is 0 Å². The fourth-order valence-electron chi connectivity index (χ4n) is 0.983. The molecule has 5 nitrogen and oxygen atoms in total. The van der Waals surface area contributed by atoms with Gasteiger partial charge >= 0.3 is 0 Å². The van der Waals surface area contributed by atoms with Gasteiger partial charge in [-0.15, -0.1) is 0 Å². The summed E-state index contributed by atoms with van der Waals surface area (Å²) in [5.41, 5.74) is 6.46. The third-order valence-electron chi connectivity index (χ3n) is 1.47. The first-order chi connectivity index (χ1) is 6.53. The second kappa shape index (κ2) is 4.30. The van der Waals surface area contributed by atoms with E-state index >= 15 is 0 Å². The van der Waals surface area contributed by atoms with E-state index in [1.165, 1.54) is 0 Å². The Morgan fingerprint density at radius 2 is 2.14 bits per heavy atom. The first-order valence-electron chi connectivity index (χ1n) is 4.16. The van der Waals surface area contributed by atoms with Gasteiger partial charge in [-0.1, -0.05) is 13.0 Å². The first-order valence-corrected chi connectivity index (χ1v) is 5.65. The molecule has 0 atom stereocenters. The Morgan fingerprint density at radius 1 is 1.43 bits per heavy atom. The monoisotopic (exact) mass is 215 g/mol. The molecule has 0 unspecified atom stereocenters. The Hall–Kier alpha value is -1.27. The molecule has 78 valence electrons. The molecule has 0 radical (unpaired) electrons. The standard InChI is InChI=1S/C8H13N3O2S/c1-2-10-14(12,13)11-8-5-3-4-7(9)6-8/h3-6,10-11H,2,9H2,1H3. The van der Waals surface area contributed by atoms with Crippen molar-refractivity contribution in [1.82, 2.24) is 4.72 Å². The highest BCUT2D eigenvalue weighted by atomic mass is 32.2. The van der Waals surface area contributed by atoms with Crippen molar-refractivity contribution in [2.45, 2.75) is 6.92 Å². The van der Waals surface area contributed by atoms with Crippen LogP contribution in [0.1, 0.15) is 6.92 Å². The van der Waals surface area contributed by atoms with E-state index in [1.807, 2.05) is 0 Å². The highest BCUT2D eigenvalue weighted by Gasteiger charge is 2.06. The summed E-state index contributed by atoms with van der Waals surface area (Å²) in [4.78, 5) is 0. The SMILES string of the molecule is CCNS(=O)(=O)Nc1cccc(N)c1. The zero-order valence-corrected chi connectivity index (χ0v) is 8.64. The Morgan fingerprint density at radius 3 is 2.71 bits per heavy atom.